The topological polar surface area (TPSA) is 67.9 Å². The average molecular weight is 443 g/mol. The van der Waals surface area contributed by atoms with E-state index in [1.807, 2.05) is 12.1 Å². The van der Waals surface area contributed by atoms with Crippen molar-refractivity contribution < 1.29 is 22.7 Å². The molecule has 0 unspecified atom stereocenters. The molecule has 1 fully saturated rings. The van der Waals surface area contributed by atoms with Gasteiger partial charge >= 0.3 is 12.1 Å². The second-order valence-corrected chi connectivity index (χ2v) is 8.20. The van der Waals surface area contributed by atoms with Crippen LogP contribution in [0.2, 0.25) is 0 Å². The van der Waals surface area contributed by atoms with E-state index in [4.69, 9.17) is 4.74 Å². The number of hydrogen-bond acceptors (Lipinski definition) is 4. The van der Waals surface area contributed by atoms with E-state index in [0.29, 0.717) is 23.8 Å². The lowest BCUT2D eigenvalue weighted by Crippen LogP contribution is -2.17. The molecule has 0 bridgehead atoms. The molecule has 5 nitrogen and oxygen atoms in total. The lowest BCUT2D eigenvalue weighted by Gasteiger charge is -2.28. The monoisotopic (exact) mass is 443 g/mol. The molecule has 0 amide bonds. The van der Waals surface area contributed by atoms with E-state index in [1.165, 1.54) is 18.9 Å². The number of aromatic amines is 1. The van der Waals surface area contributed by atoms with Crippen molar-refractivity contribution in [2.45, 2.75) is 44.2 Å². The summed E-state index contributed by atoms with van der Waals surface area (Å²) < 4.78 is 43.0. The molecule has 168 valence electrons. The smallest absolute Gasteiger partial charge is 0.432 e. The van der Waals surface area contributed by atoms with Gasteiger partial charge in [0.15, 0.2) is 0 Å². The maximum atomic E-state index is 12.7. The standard InChI is InChI=1S/C24H24F3N3O2/c1-32-22(31)12-15-2-4-16(5-3-15)17-6-8-18(9-7-17)20-11-10-19(13-28-20)23-29-14-21(30-23)24(25,26)27/h6-11,13-16H,2-5,12H2,1H3,(H,29,30)/t15-,16-. The first-order valence-electron chi connectivity index (χ1n) is 10.6. The second kappa shape index (κ2) is 9.14. The van der Waals surface area contributed by atoms with Crippen LogP contribution in [-0.4, -0.2) is 28.0 Å². The van der Waals surface area contributed by atoms with Gasteiger partial charge in [0.05, 0.1) is 19.0 Å². The number of pyridine rings is 1. The molecule has 1 aliphatic rings. The molecule has 0 radical (unpaired) electrons. The van der Waals surface area contributed by atoms with Gasteiger partial charge in [0.2, 0.25) is 0 Å². The lowest BCUT2D eigenvalue weighted by atomic mass is 9.77. The van der Waals surface area contributed by atoms with Gasteiger partial charge in [0.25, 0.3) is 0 Å². The fourth-order valence-corrected chi connectivity index (χ4v) is 4.26. The van der Waals surface area contributed by atoms with Gasteiger partial charge in [-0.2, -0.15) is 13.2 Å². The number of imidazole rings is 1. The third-order valence-electron chi connectivity index (χ3n) is 6.13. The highest BCUT2D eigenvalue weighted by molar-refractivity contribution is 5.69. The Labute approximate surface area is 184 Å². The van der Waals surface area contributed by atoms with Crippen molar-refractivity contribution in [1.29, 1.82) is 0 Å². The molecular formula is C24H24F3N3O2. The number of rotatable bonds is 5. The molecule has 0 atom stereocenters. The van der Waals surface area contributed by atoms with Crippen LogP contribution in [0.25, 0.3) is 22.6 Å². The lowest BCUT2D eigenvalue weighted by molar-refractivity contribution is -0.142. The Morgan fingerprint density at radius 2 is 1.69 bits per heavy atom. The van der Waals surface area contributed by atoms with Crippen LogP contribution in [0.5, 0.6) is 0 Å². The van der Waals surface area contributed by atoms with Crippen LogP contribution >= 0.6 is 0 Å². The molecule has 0 aliphatic heterocycles. The molecule has 3 aromatic rings. The molecule has 0 saturated heterocycles. The first-order chi connectivity index (χ1) is 15.3. The fourth-order valence-electron chi connectivity index (χ4n) is 4.26. The van der Waals surface area contributed by atoms with E-state index in [0.717, 1.165) is 43.1 Å². The van der Waals surface area contributed by atoms with Crippen LogP contribution in [0.1, 0.15) is 49.3 Å². The quantitative estimate of drug-likeness (QED) is 0.492. The highest BCUT2D eigenvalue weighted by Crippen LogP contribution is 2.37. The third-order valence-corrected chi connectivity index (χ3v) is 6.13. The average Bonchev–Trinajstić information content (AvgIpc) is 3.31. The molecule has 2 aromatic heterocycles. The third kappa shape index (κ3) is 5.00. The molecule has 0 spiro atoms. The number of carbonyl (C=O) groups is 1. The summed E-state index contributed by atoms with van der Waals surface area (Å²) in [6, 6.07) is 11.7. The van der Waals surface area contributed by atoms with Gasteiger partial charge in [-0.3, -0.25) is 9.78 Å². The Bertz CT molecular complexity index is 1050. The number of halogens is 3. The van der Waals surface area contributed by atoms with Gasteiger partial charge in [0.1, 0.15) is 11.5 Å². The Balaban J connectivity index is 1.39. The van der Waals surface area contributed by atoms with E-state index in [-0.39, 0.29) is 11.8 Å². The van der Waals surface area contributed by atoms with Crippen LogP contribution in [0, 0.1) is 5.92 Å². The van der Waals surface area contributed by atoms with Gasteiger partial charge in [0, 0.05) is 23.7 Å². The van der Waals surface area contributed by atoms with E-state index in [9.17, 15) is 18.0 Å². The van der Waals surface area contributed by atoms with Crippen LogP contribution in [0.3, 0.4) is 0 Å². The fraction of sp³-hybridized carbons (Fsp3) is 0.375. The molecule has 4 rings (SSSR count). The van der Waals surface area contributed by atoms with E-state index in [2.05, 4.69) is 27.1 Å². The van der Waals surface area contributed by atoms with Gasteiger partial charge < -0.3 is 9.72 Å². The zero-order valence-corrected chi connectivity index (χ0v) is 17.7. The number of nitrogens with zero attached hydrogens (tertiary/aromatic N) is 2. The Kier molecular flexibility index (Phi) is 6.30. The molecule has 2 heterocycles. The zero-order valence-electron chi connectivity index (χ0n) is 17.7. The number of ether oxygens (including phenoxy) is 1. The summed E-state index contributed by atoms with van der Waals surface area (Å²) in [5, 5.41) is 0. The van der Waals surface area contributed by atoms with E-state index in [1.54, 1.807) is 12.1 Å². The summed E-state index contributed by atoms with van der Waals surface area (Å²) >= 11 is 0. The van der Waals surface area contributed by atoms with Gasteiger partial charge in [-0.25, -0.2) is 4.98 Å². The predicted molar refractivity (Wildman–Crippen MR) is 114 cm³/mol. The van der Waals surface area contributed by atoms with Crippen molar-refractivity contribution in [1.82, 2.24) is 15.0 Å². The Hall–Kier alpha value is -3.16. The molecule has 1 saturated carbocycles. The van der Waals surface area contributed by atoms with Crippen molar-refractivity contribution in [3.05, 3.63) is 60.0 Å². The summed E-state index contributed by atoms with van der Waals surface area (Å²) in [4.78, 5) is 22.0. The van der Waals surface area contributed by atoms with Crippen molar-refractivity contribution in [2.24, 2.45) is 5.92 Å². The minimum absolute atomic E-state index is 0.134. The van der Waals surface area contributed by atoms with E-state index < -0.39 is 11.9 Å². The Morgan fingerprint density at radius 3 is 2.25 bits per heavy atom. The maximum Gasteiger partial charge on any atom is 0.432 e. The van der Waals surface area contributed by atoms with Gasteiger partial charge in [-0.05, 0) is 55.2 Å². The first-order valence-corrected chi connectivity index (χ1v) is 10.6. The summed E-state index contributed by atoms with van der Waals surface area (Å²) in [5.74, 6) is 0.885. The number of H-pyrrole nitrogens is 1. The number of benzene rings is 1. The zero-order chi connectivity index (χ0) is 22.7. The SMILES string of the molecule is COC(=O)C[C@H]1CC[C@H](c2ccc(-c3ccc(-c4ncc(C(F)(F)F)[nH]4)cn3)cc2)CC1. The van der Waals surface area contributed by atoms with Gasteiger partial charge in [-0.1, -0.05) is 24.3 Å². The predicted octanol–water partition coefficient (Wildman–Crippen LogP) is 5.99. The molecule has 8 heteroatoms. The Morgan fingerprint density at radius 1 is 1.00 bits per heavy atom. The molecular weight excluding hydrogens is 419 g/mol. The number of methoxy groups -OCH3 is 1. The number of nitrogens with one attached hydrogen (secondary N) is 1. The van der Waals surface area contributed by atoms with Crippen molar-refractivity contribution in [2.75, 3.05) is 7.11 Å². The molecule has 1 N–H and O–H groups in total. The number of hydrogen-bond donors (Lipinski definition) is 1. The van der Waals surface area contributed by atoms with Crippen molar-refractivity contribution >= 4 is 5.97 Å². The maximum absolute atomic E-state index is 12.7. The van der Waals surface area contributed by atoms with Crippen molar-refractivity contribution in [3.63, 3.8) is 0 Å². The summed E-state index contributed by atoms with van der Waals surface area (Å²) in [6.45, 7) is 0. The molecule has 1 aromatic carbocycles. The highest BCUT2D eigenvalue weighted by atomic mass is 19.4. The van der Waals surface area contributed by atoms with Crippen molar-refractivity contribution in [3.8, 4) is 22.6 Å². The summed E-state index contributed by atoms with van der Waals surface area (Å²) in [7, 11) is 1.43. The van der Waals surface area contributed by atoms with Gasteiger partial charge in [-0.15, -0.1) is 0 Å². The highest BCUT2D eigenvalue weighted by Gasteiger charge is 2.33. The minimum atomic E-state index is -4.46. The summed E-state index contributed by atoms with van der Waals surface area (Å²) in [6.07, 6.45) is 2.49. The largest absolute Gasteiger partial charge is 0.469 e. The summed E-state index contributed by atoms with van der Waals surface area (Å²) in [5.41, 5.74) is 2.56. The first kappa shape index (κ1) is 22.0. The molecule has 1 aliphatic carbocycles. The second-order valence-electron chi connectivity index (χ2n) is 8.20. The number of alkyl halides is 3. The number of esters is 1. The van der Waals surface area contributed by atoms with Crippen LogP contribution in [-0.2, 0) is 15.7 Å². The van der Waals surface area contributed by atoms with Crippen LogP contribution in [0.4, 0.5) is 13.2 Å². The molecule has 32 heavy (non-hydrogen) atoms. The van der Waals surface area contributed by atoms with E-state index >= 15 is 0 Å². The normalized spacial score (nSPS) is 19.0. The number of carbonyl (C=O) groups excluding carboxylic acids is 1. The van der Waals surface area contributed by atoms with Crippen LogP contribution < -0.4 is 0 Å². The van der Waals surface area contributed by atoms with Crippen LogP contribution in [0.15, 0.2) is 48.8 Å². The minimum Gasteiger partial charge on any atom is -0.469 e. The number of aromatic nitrogens is 3.